The van der Waals surface area contributed by atoms with Crippen molar-refractivity contribution in [1.29, 1.82) is 0 Å². The van der Waals surface area contributed by atoms with E-state index in [9.17, 15) is 0 Å². The Balaban J connectivity index is 1.76. The summed E-state index contributed by atoms with van der Waals surface area (Å²) >= 11 is 0. The van der Waals surface area contributed by atoms with Crippen LogP contribution in [0.4, 0.5) is 0 Å². The Bertz CT molecular complexity index is 272. The molecule has 1 saturated heterocycles. The van der Waals surface area contributed by atoms with Gasteiger partial charge in [-0.15, -0.1) is 0 Å². The van der Waals surface area contributed by atoms with E-state index in [1.54, 1.807) is 0 Å². The minimum atomic E-state index is 0.556. The molecule has 0 saturated carbocycles. The lowest BCUT2D eigenvalue weighted by molar-refractivity contribution is 0.398. The topological polar surface area (TPSA) is 12.5 Å². The van der Waals surface area contributed by atoms with Crippen LogP contribution in [0.5, 0.6) is 0 Å². The van der Waals surface area contributed by atoms with Gasteiger partial charge < -0.3 is 4.74 Å². The Hall–Kier alpha value is -1.08. The molecule has 0 bridgehead atoms. The van der Waals surface area contributed by atoms with E-state index in [0.717, 1.165) is 13.0 Å². The molecule has 13 heavy (non-hydrogen) atoms. The number of hydrogen-bond donors (Lipinski definition) is 0. The summed E-state index contributed by atoms with van der Waals surface area (Å²) < 4.78 is 5.13. The van der Waals surface area contributed by atoms with E-state index < -0.39 is 0 Å². The maximum absolute atomic E-state index is 5.13. The van der Waals surface area contributed by atoms with Gasteiger partial charge in [0.05, 0.1) is 12.7 Å². The average molecular weight is 174 g/mol. The highest BCUT2D eigenvalue weighted by Crippen LogP contribution is 2.15. The third-order valence-electron chi connectivity index (χ3n) is 2.17. The Morgan fingerprint density at radius 2 is 2.08 bits per heavy atom. The molecule has 1 aliphatic rings. The van der Waals surface area contributed by atoms with Crippen molar-refractivity contribution in [1.82, 2.24) is 0 Å². The third kappa shape index (κ3) is 3.03. The molecule has 1 nitrogen and oxygen atoms in total. The molecular weight excluding hydrogens is 160 g/mol. The molecule has 1 aromatic rings. The third-order valence-corrected chi connectivity index (χ3v) is 2.17. The highest BCUT2D eigenvalue weighted by Gasteiger charge is 2.20. The summed E-state index contributed by atoms with van der Waals surface area (Å²) in [5.41, 5.74) is 1.28. The van der Waals surface area contributed by atoms with Crippen LogP contribution in [0.3, 0.4) is 0 Å². The lowest BCUT2D eigenvalue weighted by Crippen LogP contribution is -1.81. The Kier molecular flexibility index (Phi) is 2.78. The molecule has 68 valence electrons. The van der Waals surface area contributed by atoms with Crippen molar-refractivity contribution >= 4 is 6.08 Å². The van der Waals surface area contributed by atoms with Crippen molar-refractivity contribution in [3.63, 3.8) is 0 Å². The van der Waals surface area contributed by atoms with Gasteiger partial charge in [0, 0.05) is 0 Å². The number of ether oxygens (including phenoxy) is 1. The quantitative estimate of drug-likeness (QED) is 0.639. The highest BCUT2D eigenvalue weighted by atomic mass is 16.6. The number of rotatable bonds is 4. The maximum atomic E-state index is 5.13. The van der Waals surface area contributed by atoms with E-state index in [1.807, 2.05) is 6.07 Å². The molecule has 1 aromatic carbocycles. The Morgan fingerprint density at radius 1 is 1.31 bits per heavy atom. The largest absolute Gasteiger partial charge is 0.373 e. The fourth-order valence-corrected chi connectivity index (χ4v) is 1.30. The second kappa shape index (κ2) is 4.24. The molecule has 1 atom stereocenters. The summed E-state index contributed by atoms with van der Waals surface area (Å²) in [6, 6.07) is 10.4. The van der Waals surface area contributed by atoms with Gasteiger partial charge in [-0.3, -0.25) is 0 Å². The predicted octanol–water partition coefficient (Wildman–Crippen LogP) is 2.88. The normalized spacial score (nSPS) is 20.8. The monoisotopic (exact) mass is 174 g/mol. The van der Waals surface area contributed by atoms with Crippen molar-refractivity contribution < 1.29 is 4.74 Å². The number of allylic oxidation sites excluding steroid dienone is 1. The second-order valence-corrected chi connectivity index (χ2v) is 3.35. The zero-order valence-electron chi connectivity index (χ0n) is 7.65. The first-order valence-corrected chi connectivity index (χ1v) is 4.78. The zero-order valence-corrected chi connectivity index (χ0v) is 7.65. The second-order valence-electron chi connectivity index (χ2n) is 3.35. The molecule has 0 aliphatic carbocycles. The van der Waals surface area contributed by atoms with E-state index in [-0.39, 0.29) is 0 Å². The molecule has 2 rings (SSSR count). The molecule has 1 heterocycles. The van der Waals surface area contributed by atoms with Crippen LogP contribution in [0.1, 0.15) is 18.4 Å². The van der Waals surface area contributed by atoms with Crippen molar-refractivity contribution in [2.45, 2.75) is 18.9 Å². The molecular formula is C12H14O. The van der Waals surface area contributed by atoms with Gasteiger partial charge in [-0.1, -0.05) is 42.5 Å². The molecule has 1 heteroatoms. The molecule has 1 aliphatic heterocycles. The zero-order chi connectivity index (χ0) is 8.93. The van der Waals surface area contributed by atoms with E-state index in [1.165, 1.54) is 12.0 Å². The molecule has 1 unspecified atom stereocenters. The van der Waals surface area contributed by atoms with Crippen molar-refractivity contribution in [3.05, 3.63) is 42.0 Å². The summed E-state index contributed by atoms with van der Waals surface area (Å²) in [6.07, 6.45) is 7.24. The van der Waals surface area contributed by atoms with Gasteiger partial charge in [-0.2, -0.15) is 0 Å². The molecule has 0 aromatic heterocycles. The van der Waals surface area contributed by atoms with Gasteiger partial charge in [0.1, 0.15) is 0 Å². The molecule has 0 radical (unpaired) electrons. The number of benzene rings is 1. The van der Waals surface area contributed by atoms with E-state index in [4.69, 9.17) is 4.74 Å². The maximum Gasteiger partial charge on any atom is 0.0812 e. The average Bonchev–Trinajstić information content (AvgIpc) is 2.98. The van der Waals surface area contributed by atoms with Crippen molar-refractivity contribution in [2.75, 3.05) is 6.61 Å². The minimum absolute atomic E-state index is 0.556. The van der Waals surface area contributed by atoms with E-state index >= 15 is 0 Å². The summed E-state index contributed by atoms with van der Waals surface area (Å²) in [6.45, 7) is 0.971. The first-order valence-electron chi connectivity index (χ1n) is 4.78. The van der Waals surface area contributed by atoms with Crippen LogP contribution in [0.2, 0.25) is 0 Å². The van der Waals surface area contributed by atoms with Crippen molar-refractivity contribution in [2.24, 2.45) is 0 Å². The van der Waals surface area contributed by atoms with Crippen LogP contribution in [-0.4, -0.2) is 12.7 Å². The SMILES string of the molecule is C(=Cc1ccccc1)CCC1CO1. The van der Waals surface area contributed by atoms with Gasteiger partial charge in [0.15, 0.2) is 0 Å². The predicted molar refractivity (Wildman–Crippen MR) is 54.5 cm³/mol. The Morgan fingerprint density at radius 3 is 2.77 bits per heavy atom. The first kappa shape index (κ1) is 8.52. The Labute approximate surface area is 79.0 Å². The van der Waals surface area contributed by atoms with Crippen LogP contribution in [0, 0.1) is 0 Å². The fourth-order valence-electron chi connectivity index (χ4n) is 1.30. The van der Waals surface area contributed by atoms with Crippen molar-refractivity contribution in [3.8, 4) is 0 Å². The molecule has 1 fully saturated rings. The van der Waals surface area contributed by atoms with Crippen LogP contribution in [0.25, 0.3) is 6.08 Å². The van der Waals surface area contributed by atoms with Gasteiger partial charge >= 0.3 is 0 Å². The van der Waals surface area contributed by atoms with Crippen LogP contribution in [-0.2, 0) is 4.74 Å². The van der Waals surface area contributed by atoms with Crippen LogP contribution in [0.15, 0.2) is 36.4 Å². The van der Waals surface area contributed by atoms with Crippen LogP contribution >= 0.6 is 0 Å². The van der Waals surface area contributed by atoms with E-state index in [2.05, 4.69) is 36.4 Å². The summed E-state index contributed by atoms with van der Waals surface area (Å²) in [5.74, 6) is 0. The highest BCUT2D eigenvalue weighted by molar-refractivity contribution is 5.48. The lowest BCUT2D eigenvalue weighted by atomic mass is 10.2. The molecule has 0 amide bonds. The minimum Gasteiger partial charge on any atom is -0.373 e. The molecule has 0 spiro atoms. The fraction of sp³-hybridized carbons (Fsp3) is 0.333. The van der Waals surface area contributed by atoms with E-state index in [0.29, 0.717) is 6.10 Å². The van der Waals surface area contributed by atoms with Crippen LogP contribution < -0.4 is 0 Å². The van der Waals surface area contributed by atoms with Gasteiger partial charge in [0.25, 0.3) is 0 Å². The molecule has 0 N–H and O–H groups in total. The van der Waals surface area contributed by atoms with Gasteiger partial charge in [0.2, 0.25) is 0 Å². The summed E-state index contributed by atoms with van der Waals surface area (Å²) in [5, 5.41) is 0. The summed E-state index contributed by atoms with van der Waals surface area (Å²) in [4.78, 5) is 0. The standard InChI is InChI=1S/C12H14O/c1-2-6-11(7-3-1)8-4-5-9-12-10-13-12/h1-4,6-8,12H,5,9-10H2. The van der Waals surface area contributed by atoms with Gasteiger partial charge in [-0.25, -0.2) is 0 Å². The smallest absolute Gasteiger partial charge is 0.0812 e. The lowest BCUT2D eigenvalue weighted by Gasteiger charge is -1.91. The summed E-state index contributed by atoms with van der Waals surface area (Å²) in [7, 11) is 0. The number of epoxide rings is 1. The first-order chi connectivity index (χ1) is 6.45. The van der Waals surface area contributed by atoms with Gasteiger partial charge in [-0.05, 0) is 18.4 Å². The number of hydrogen-bond acceptors (Lipinski definition) is 1.